The van der Waals surface area contributed by atoms with E-state index < -0.39 is 0 Å². The van der Waals surface area contributed by atoms with E-state index in [2.05, 4.69) is 80.1 Å². The Kier molecular flexibility index (Phi) is 6.55. The molecule has 0 N–H and O–H groups in total. The highest BCUT2D eigenvalue weighted by Crippen LogP contribution is 2.44. The average Bonchev–Trinajstić information content (AvgIpc) is 3.03. The maximum atomic E-state index is 6.41. The maximum absolute atomic E-state index is 6.41. The molecule has 0 spiro atoms. The molecule has 3 unspecified atom stereocenters. The highest BCUT2D eigenvalue weighted by Gasteiger charge is 2.33. The molecule has 0 fully saturated rings. The van der Waals surface area contributed by atoms with Crippen molar-refractivity contribution in [3.63, 3.8) is 0 Å². The van der Waals surface area contributed by atoms with Crippen molar-refractivity contribution in [3.05, 3.63) is 66.1 Å². The van der Waals surface area contributed by atoms with Gasteiger partial charge in [-0.1, -0.05) is 32.0 Å². The van der Waals surface area contributed by atoms with Gasteiger partial charge in [0.1, 0.15) is 17.5 Å². The van der Waals surface area contributed by atoms with Crippen LogP contribution in [0.3, 0.4) is 0 Å². The van der Waals surface area contributed by atoms with Crippen LogP contribution in [0.5, 0.6) is 0 Å². The number of aryl methyl sites for hydroxylation is 1. The molecule has 4 heteroatoms. The van der Waals surface area contributed by atoms with Crippen LogP contribution in [0.1, 0.15) is 52.0 Å². The monoisotopic (exact) mass is 422 g/mol. The molecule has 158 valence electrons. The van der Waals surface area contributed by atoms with Gasteiger partial charge in [0, 0.05) is 29.2 Å². The Morgan fingerprint density at radius 3 is 2.73 bits per heavy atom. The first kappa shape index (κ1) is 21.1. The number of hydrogen-bond acceptors (Lipinski definition) is 3. The van der Waals surface area contributed by atoms with E-state index in [1.165, 1.54) is 26.2 Å². The molecule has 0 saturated heterocycles. The lowest BCUT2D eigenvalue weighted by Crippen LogP contribution is -2.35. The van der Waals surface area contributed by atoms with Crippen LogP contribution in [0.25, 0.3) is 20.7 Å². The van der Waals surface area contributed by atoms with Gasteiger partial charge in [0.2, 0.25) is 5.69 Å². The number of thiophene rings is 1. The summed E-state index contributed by atoms with van der Waals surface area (Å²) in [4.78, 5) is 1.36. The first-order valence-electron chi connectivity index (χ1n) is 11.1. The number of pyridine rings is 1. The summed E-state index contributed by atoms with van der Waals surface area (Å²) in [5.74, 6) is 1.23. The summed E-state index contributed by atoms with van der Waals surface area (Å²) in [6, 6.07) is 15.3. The molecule has 0 amide bonds. The number of allylic oxidation sites excluding steroid dienone is 1. The van der Waals surface area contributed by atoms with Gasteiger partial charge in [-0.25, -0.2) is 0 Å². The van der Waals surface area contributed by atoms with Crippen molar-refractivity contribution >= 4 is 21.4 Å². The van der Waals surface area contributed by atoms with Crippen molar-refractivity contribution in [2.24, 2.45) is 0 Å². The first-order chi connectivity index (χ1) is 14.6. The van der Waals surface area contributed by atoms with E-state index in [1.807, 2.05) is 18.3 Å². The summed E-state index contributed by atoms with van der Waals surface area (Å²) in [5.41, 5.74) is 2.70. The van der Waals surface area contributed by atoms with Crippen LogP contribution in [0.15, 0.2) is 60.5 Å². The van der Waals surface area contributed by atoms with E-state index >= 15 is 0 Å². The summed E-state index contributed by atoms with van der Waals surface area (Å²) in [6.07, 6.45) is 6.49. The molecule has 3 nitrogen and oxygen atoms in total. The van der Waals surface area contributed by atoms with Gasteiger partial charge in [-0.15, -0.1) is 11.3 Å². The van der Waals surface area contributed by atoms with Crippen molar-refractivity contribution in [1.29, 1.82) is 0 Å². The molecule has 3 atom stereocenters. The molecule has 0 bridgehead atoms. The van der Waals surface area contributed by atoms with E-state index in [0.29, 0.717) is 6.61 Å². The summed E-state index contributed by atoms with van der Waals surface area (Å²) in [5, 5.41) is 1.35. The number of ether oxygens (including phenoxy) is 2. The molecule has 1 aliphatic rings. The average molecular weight is 423 g/mol. The zero-order valence-corrected chi connectivity index (χ0v) is 19.2. The van der Waals surface area contributed by atoms with Gasteiger partial charge < -0.3 is 9.47 Å². The number of hydrogen-bond donors (Lipinski definition) is 0. The second-order valence-corrected chi connectivity index (χ2v) is 9.16. The van der Waals surface area contributed by atoms with Gasteiger partial charge >= 0.3 is 0 Å². The number of nitrogens with zero attached hydrogens (tertiary/aromatic N) is 1. The largest absolute Gasteiger partial charge is 0.492 e. The molecular weight excluding hydrogens is 390 g/mol. The predicted octanol–water partition coefficient (Wildman–Crippen LogP) is 6.47. The second-order valence-electron chi connectivity index (χ2n) is 8.11. The van der Waals surface area contributed by atoms with Crippen LogP contribution < -0.4 is 4.57 Å². The van der Waals surface area contributed by atoms with Crippen molar-refractivity contribution in [2.75, 3.05) is 6.61 Å². The molecule has 3 heterocycles. The normalized spacial score (nSPS) is 20.5. The lowest BCUT2D eigenvalue weighted by molar-refractivity contribution is -0.686. The van der Waals surface area contributed by atoms with Crippen LogP contribution in [0.4, 0.5) is 0 Å². The Hall–Kier alpha value is -2.17. The standard InChI is InChI=1S/C26H32NO2S/c1-5-14-27-15-10-9-12-22(27)26-25(21-11-7-8-13-24(21)30-26)20(6-2)23-17-28-18(3)16-19(4)29-23/h7-13,15-16,18,20,23H,5-6,14,17H2,1-4H3/q+1. The maximum Gasteiger partial charge on any atom is 0.222 e. The molecule has 1 aliphatic heterocycles. The SMILES string of the molecule is CCC[n+]1ccccc1-c1sc2ccccc2c1C(CC)C1COC(C)C=C(C)O1. The van der Waals surface area contributed by atoms with Crippen LogP contribution >= 0.6 is 11.3 Å². The minimum Gasteiger partial charge on any atom is -0.492 e. The molecule has 30 heavy (non-hydrogen) atoms. The third-order valence-electron chi connectivity index (χ3n) is 5.86. The molecule has 1 aromatic carbocycles. The zero-order valence-electron chi connectivity index (χ0n) is 18.4. The number of benzene rings is 1. The highest BCUT2D eigenvalue weighted by atomic mass is 32.1. The van der Waals surface area contributed by atoms with E-state index in [-0.39, 0.29) is 18.1 Å². The van der Waals surface area contributed by atoms with Crippen LogP contribution in [-0.2, 0) is 16.0 Å². The smallest absolute Gasteiger partial charge is 0.222 e. The lowest BCUT2D eigenvalue weighted by atomic mass is 9.88. The Morgan fingerprint density at radius 2 is 1.93 bits per heavy atom. The molecule has 0 radical (unpaired) electrons. The summed E-state index contributed by atoms with van der Waals surface area (Å²) in [7, 11) is 0. The number of aromatic nitrogens is 1. The summed E-state index contributed by atoms with van der Waals surface area (Å²) in [6.45, 7) is 10.3. The van der Waals surface area contributed by atoms with E-state index in [4.69, 9.17) is 9.47 Å². The van der Waals surface area contributed by atoms with Crippen LogP contribution in [-0.4, -0.2) is 18.8 Å². The molecule has 4 rings (SSSR count). The topological polar surface area (TPSA) is 22.3 Å². The van der Waals surface area contributed by atoms with Gasteiger partial charge in [-0.2, -0.15) is 4.57 Å². The van der Waals surface area contributed by atoms with Gasteiger partial charge in [0.25, 0.3) is 0 Å². The minimum atomic E-state index is 0.0105. The fraction of sp³-hybridized carbons (Fsp3) is 0.423. The molecule has 0 aliphatic carbocycles. The van der Waals surface area contributed by atoms with E-state index in [1.54, 1.807) is 0 Å². The first-order valence-corrected chi connectivity index (χ1v) is 11.9. The summed E-state index contributed by atoms with van der Waals surface area (Å²) >= 11 is 1.90. The van der Waals surface area contributed by atoms with Crippen molar-refractivity contribution in [3.8, 4) is 10.6 Å². The van der Waals surface area contributed by atoms with Crippen molar-refractivity contribution in [1.82, 2.24) is 0 Å². The third kappa shape index (κ3) is 4.17. The van der Waals surface area contributed by atoms with Gasteiger partial charge in [0.15, 0.2) is 6.20 Å². The molecule has 3 aromatic rings. The van der Waals surface area contributed by atoms with Crippen molar-refractivity contribution < 1.29 is 14.0 Å². The predicted molar refractivity (Wildman–Crippen MR) is 125 cm³/mol. The molecular formula is C26H32NO2S+. The minimum absolute atomic E-state index is 0.0105. The third-order valence-corrected chi connectivity index (χ3v) is 7.07. The van der Waals surface area contributed by atoms with Gasteiger partial charge in [-0.3, -0.25) is 0 Å². The van der Waals surface area contributed by atoms with Crippen LogP contribution in [0, 0.1) is 0 Å². The highest BCUT2D eigenvalue weighted by molar-refractivity contribution is 7.22. The Balaban J connectivity index is 1.87. The van der Waals surface area contributed by atoms with E-state index in [9.17, 15) is 0 Å². The number of rotatable bonds is 6. The zero-order chi connectivity index (χ0) is 21.1. The summed E-state index contributed by atoms with van der Waals surface area (Å²) < 4.78 is 16.2. The van der Waals surface area contributed by atoms with E-state index in [0.717, 1.165) is 25.1 Å². The Bertz CT molecular complexity index is 1040. The number of fused-ring (bicyclic) bond motifs is 1. The Morgan fingerprint density at radius 1 is 1.13 bits per heavy atom. The fourth-order valence-electron chi connectivity index (χ4n) is 4.53. The quantitative estimate of drug-likeness (QED) is 0.425. The van der Waals surface area contributed by atoms with Gasteiger partial charge in [0.05, 0.1) is 18.5 Å². The molecule has 2 aromatic heterocycles. The Labute approximate surface area is 184 Å². The van der Waals surface area contributed by atoms with Gasteiger partial charge in [-0.05, 0) is 49.4 Å². The fourth-order valence-corrected chi connectivity index (χ4v) is 5.85. The lowest BCUT2D eigenvalue weighted by Gasteiger charge is -2.27. The van der Waals surface area contributed by atoms with Crippen molar-refractivity contribution in [2.45, 2.75) is 65.2 Å². The second kappa shape index (κ2) is 9.32. The molecule has 0 saturated carbocycles. The van der Waals surface area contributed by atoms with Crippen LogP contribution in [0.2, 0.25) is 0 Å².